The van der Waals surface area contributed by atoms with Gasteiger partial charge in [-0.2, -0.15) is 0 Å². The average Bonchev–Trinajstić information content (AvgIpc) is 2.84. The van der Waals surface area contributed by atoms with Crippen molar-refractivity contribution in [2.24, 2.45) is 5.92 Å². The van der Waals surface area contributed by atoms with Crippen LogP contribution < -0.4 is 5.32 Å². The molecule has 2 heterocycles. The highest BCUT2D eigenvalue weighted by Gasteiger charge is 2.25. The van der Waals surface area contributed by atoms with E-state index in [4.69, 9.17) is 4.98 Å². The van der Waals surface area contributed by atoms with Crippen molar-refractivity contribution in [1.82, 2.24) is 14.9 Å². The monoisotopic (exact) mass is 271 g/mol. The highest BCUT2D eigenvalue weighted by Crippen LogP contribution is 2.30. The third-order valence-electron chi connectivity index (χ3n) is 4.65. The van der Waals surface area contributed by atoms with Gasteiger partial charge in [-0.15, -0.1) is 0 Å². The molecular formula is C17H25N3. The number of rotatable bonds is 3. The third kappa shape index (κ3) is 2.35. The lowest BCUT2D eigenvalue weighted by atomic mass is 9.90. The number of aromatic nitrogens is 2. The minimum Gasteiger partial charge on any atom is -0.327 e. The molecule has 108 valence electrons. The van der Waals surface area contributed by atoms with Crippen molar-refractivity contribution in [2.75, 3.05) is 6.54 Å². The molecule has 20 heavy (non-hydrogen) atoms. The Morgan fingerprint density at radius 1 is 1.35 bits per heavy atom. The van der Waals surface area contributed by atoms with E-state index in [0.717, 1.165) is 24.5 Å². The summed E-state index contributed by atoms with van der Waals surface area (Å²) < 4.78 is 2.38. The van der Waals surface area contributed by atoms with Crippen LogP contribution in [0.1, 0.15) is 50.5 Å². The molecule has 1 aliphatic rings. The number of fused-ring (bicyclic) bond motifs is 1. The Bertz CT molecular complexity index is 600. The van der Waals surface area contributed by atoms with Gasteiger partial charge in [-0.25, -0.2) is 4.98 Å². The summed E-state index contributed by atoms with van der Waals surface area (Å²) in [5, 5.41) is 3.67. The molecule has 1 aliphatic heterocycles. The Morgan fingerprint density at radius 3 is 2.95 bits per heavy atom. The quantitative estimate of drug-likeness (QED) is 0.920. The van der Waals surface area contributed by atoms with Gasteiger partial charge in [0.25, 0.3) is 0 Å². The van der Waals surface area contributed by atoms with Crippen LogP contribution in [-0.2, 0) is 6.54 Å². The lowest BCUT2D eigenvalue weighted by Gasteiger charge is -2.29. The minimum atomic E-state index is 0.418. The number of hydrogen-bond acceptors (Lipinski definition) is 2. The van der Waals surface area contributed by atoms with Gasteiger partial charge in [-0.1, -0.05) is 19.4 Å². The Kier molecular flexibility index (Phi) is 3.79. The van der Waals surface area contributed by atoms with E-state index in [1.165, 1.54) is 36.2 Å². The number of aryl methyl sites for hydroxylation is 2. The molecule has 0 spiro atoms. The molecule has 3 heteroatoms. The average molecular weight is 271 g/mol. The molecule has 0 bridgehead atoms. The maximum absolute atomic E-state index is 4.94. The van der Waals surface area contributed by atoms with Crippen LogP contribution in [0.5, 0.6) is 0 Å². The Hall–Kier alpha value is -1.35. The first-order valence-corrected chi connectivity index (χ1v) is 7.93. The molecule has 2 aromatic rings. The van der Waals surface area contributed by atoms with Crippen LogP contribution >= 0.6 is 0 Å². The first kappa shape index (κ1) is 13.6. The molecule has 1 fully saturated rings. The van der Waals surface area contributed by atoms with Crippen LogP contribution in [0.2, 0.25) is 0 Å². The number of nitrogens with one attached hydrogen (secondary N) is 1. The summed E-state index contributed by atoms with van der Waals surface area (Å²) in [6.07, 6.45) is 3.81. The van der Waals surface area contributed by atoms with Gasteiger partial charge < -0.3 is 9.88 Å². The van der Waals surface area contributed by atoms with Gasteiger partial charge in [0.2, 0.25) is 0 Å². The van der Waals surface area contributed by atoms with E-state index in [-0.39, 0.29) is 0 Å². The number of nitrogens with zero attached hydrogens (tertiary/aromatic N) is 2. The first-order valence-electron chi connectivity index (χ1n) is 7.93. The molecule has 1 saturated heterocycles. The topological polar surface area (TPSA) is 29.9 Å². The van der Waals surface area contributed by atoms with Gasteiger partial charge in [0, 0.05) is 6.54 Å². The Labute approximate surface area is 121 Å². The van der Waals surface area contributed by atoms with Crippen LogP contribution in [0.3, 0.4) is 0 Å². The van der Waals surface area contributed by atoms with Crippen molar-refractivity contribution >= 4 is 11.0 Å². The highest BCUT2D eigenvalue weighted by atomic mass is 15.1. The number of benzene rings is 1. The third-order valence-corrected chi connectivity index (χ3v) is 4.65. The molecule has 1 aromatic carbocycles. The molecule has 2 unspecified atom stereocenters. The predicted octanol–water partition coefficient (Wildman–Crippen LogP) is 3.82. The van der Waals surface area contributed by atoms with Gasteiger partial charge in [0.15, 0.2) is 0 Å². The fourth-order valence-electron chi connectivity index (χ4n) is 3.42. The smallest absolute Gasteiger partial charge is 0.127 e. The summed E-state index contributed by atoms with van der Waals surface area (Å²) in [5.41, 5.74) is 3.70. The largest absolute Gasteiger partial charge is 0.327 e. The van der Waals surface area contributed by atoms with Crippen LogP contribution in [0, 0.1) is 12.8 Å². The summed E-state index contributed by atoms with van der Waals surface area (Å²) >= 11 is 0. The molecule has 0 radical (unpaired) electrons. The van der Waals surface area contributed by atoms with Crippen molar-refractivity contribution in [3.05, 3.63) is 29.6 Å². The second kappa shape index (κ2) is 5.57. The number of piperidine rings is 1. The molecule has 1 N–H and O–H groups in total. The highest BCUT2D eigenvalue weighted by molar-refractivity contribution is 5.77. The van der Waals surface area contributed by atoms with E-state index >= 15 is 0 Å². The van der Waals surface area contributed by atoms with Crippen molar-refractivity contribution < 1.29 is 0 Å². The van der Waals surface area contributed by atoms with E-state index in [1.54, 1.807) is 0 Å². The summed E-state index contributed by atoms with van der Waals surface area (Å²) in [6, 6.07) is 7.01. The summed E-state index contributed by atoms with van der Waals surface area (Å²) in [6.45, 7) is 8.76. The van der Waals surface area contributed by atoms with E-state index in [2.05, 4.69) is 48.9 Å². The zero-order valence-electron chi connectivity index (χ0n) is 12.8. The molecule has 3 rings (SSSR count). The van der Waals surface area contributed by atoms with Crippen LogP contribution in [0.25, 0.3) is 11.0 Å². The van der Waals surface area contributed by atoms with E-state index < -0.39 is 0 Å². The lowest BCUT2D eigenvalue weighted by molar-refractivity contribution is 0.287. The second-order valence-electron chi connectivity index (χ2n) is 6.01. The van der Waals surface area contributed by atoms with Crippen LogP contribution in [0.4, 0.5) is 0 Å². The normalized spacial score (nSPS) is 23.4. The molecule has 2 atom stereocenters. The van der Waals surface area contributed by atoms with Gasteiger partial charge >= 0.3 is 0 Å². The second-order valence-corrected chi connectivity index (χ2v) is 6.01. The Morgan fingerprint density at radius 2 is 2.20 bits per heavy atom. The SMILES string of the molecule is CCC1CCNC(c2nc3cc(C)ccc3n2CC)C1. The van der Waals surface area contributed by atoms with E-state index in [9.17, 15) is 0 Å². The molecular weight excluding hydrogens is 246 g/mol. The molecule has 0 amide bonds. The van der Waals surface area contributed by atoms with Gasteiger partial charge in [0.1, 0.15) is 5.82 Å². The van der Waals surface area contributed by atoms with Gasteiger partial charge in [-0.3, -0.25) is 0 Å². The summed E-state index contributed by atoms with van der Waals surface area (Å²) in [7, 11) is 0. The zero-order valence-corrected chi connectivity index (χ0v) is 12.8. The van der Waals surface area contributed by atoms with Crippen molar-refractivity contribution in [3.8, 4) is 0 Å². The first-order chi connectivity index (χ1) is 9.72. The summed E-state index contributed by atoms with van der Waals surface area (Å²) in [4.78, 5) is 4.94. The molecule has 1 aromatic heterocycles. The van der Waals surface area contributed by atoms with Crippen molar-refractivity contribution in [2.45, 2.75) is 52.6 Å². The van der Waals surface area contributed by atoms with Crippen molar-refractivity contribution in [1.29, 1.82) is 0 Å². The van der Waals surface area contributed by atoms with E-state index in [0.29, 0.717) is 6.04 Å². The molecule has 0 saturated carbocycles. The number of imidazole rings is 1. The lowest BCUT2D eigenvalue weighted by Crippen LogP contribution is -2.33. The zero-order chi connectivity index (χ0) is 14.1. The van der Waals surface area contributed by atoms with Gasteiger partial charge in [0.05, 0.1) is 17.1 Å². The molecule has 3 nitrogen and oxygen atoms in total. The van der Waals surface area contributed by atoms with Crippen LogP contribution in [-0.4, -0.2) is 16.1 Å². The van der Waals surface area contributed by atoms with Crippen LogP contribution in [0.15, 0.2) is 18.2 Å². The summed E-state index contributed by atoms with van der Waals surface area (Å²) in [5.74, 6) is 2.07. The van der Waals surface area contributed by atoms with Crippen molar-refractivity contribution in [3.63, 3.8) is 0 Å². The van der Waals surface area contributed by atoms with E-state index in [1.807, 2.05) is 0 Å². The number of hydrogen-bond donors (Lipinski definition) is 1. The fraction of sp³-hybridized carbons (Fsp3) is 0.588. The maximum Gasteiger partial charge on any atom is 0.127 e. The fourth-order valence-corrected chi connectivity index (χ4v) is 3.42. The standard InChI is InChI=1S/C17H25N3/c1-4-13-8-9-18-15(11-13)17-19-14-10-12(3)6-7-16(14)20(17)5-2/h6-7,10,13,15,18H,4-5,8-9,11H2,1-3H3. The molecule has 0 aliphatic carbocycles. The maximum atomic E-state index is 4.94. The predicted molar refractivity (Wildman–Crippen MR) is 83.9 cm³/mol. The minimum absolute atomic E-state index is 0.418. The Balaban J connectivity index is 2.01. The van der Waals surface area contributed by atoms with Gasteiger partial charge in [-0.05, 0) is 56.8 Å².